The van der Waals surface area contributed by atoms with Crippen LogP contribution in [0.3, 0.4) is 0 Å². The van der Waals surface area contributed by atoms with Crippen molar-refractivity contribution in [2.45, 2.75) is 26.8 Å². The molecular formula is C21H27N5O2. The molecule has 0 radical (unpaired) electrons. The molecule has 0 unspecified atom stereocenters. The third-order valence-corrected chi connectivity index (χ3v) is 5.66. The van der Waals surface area contributed by atoms with E-state index in [4.69, 9.17) is 4.98 Å². The Bertz CT molecular complexity index is 1120. The van der Waals surface area contributed by atoms with Crippen LogP contribution in [0, 0.1) is 11.8 Å². The molecule has 0 spiro atoms. The van der Waals surface area contributed by atoms with Crippen LogP contribution in [0.5, 0.6) is 0 Å². The van der Waals surface area contributed by atoms with E-state index in [0.717, 1.165) is 29.2 Å². The summed E-state index contributed by atoms with van der Waals surface area (Å²) in [6, 6.07) is 10.1. The Balaban J connectivity index is 1.96. The number of hydrogen-bond donors (Lipinski definition) is 0. The smallest absolute Gasteiger partial charge is 0.332 e. The normalized spacial score (nSPS) is 20.1. The molecule has 4 rings (SSSR count). The summed E-state index contributed by atoms with van der Waals surface area (Å²) in [5, 5.41) is 0. The predicted molar refractivity (Wildman–Crippen MR) is 111 cm³/mol. The van der Waals surface area contributed by atoms with Crippen LogP contribution in [0.1, 0.15) is 25.8 Å². The number of benzene rings is 1. The van der Waals surface area contributed by atoms with Crippen LogP contribution < -0.4 is 16.1 Å². The number of anilines is 1. The molecular weight excluding hydrogens is 354 g/mol. The van der Waals surface area contributed by atoms with E-state index < -0.39 is 0 Å². The second kappa shape index (κ2) is 6.96. The summed E-state index contributed by atoms with van der Waals surface area (Å²) in [7, 11) is 3.20. The molecule has 28 heavy (non-hydrogen) atoms. The van der Waals surface area contributed by atoms with Gasteiger partial charge in [-0.05, 0) is 23.8 Å². The van der Waals surface area contributed by atoms with Gasteiger partial charge in [0.05, 0.1) is 6.54 Å². The van der Waals surface area contributed by atoms with Crippen molar-refractivity contribution in [1.82, 2.24) is 18.7 Å². The number of rotatable bonds is 3. The van der Waals surface area contributed by atoms with Crippen molar-refractivity contribution in [1.29, 1.82) is 0 Å². The molecule has 0 amide bonds. The molecule has 3 aromatic rings. The second-order valence-corrected chi connectivity index (χ2v) is 8.21. The third kappa shape index (κ3) is 3.04. The Morgan fingerprint density at radius 1 is 1.00 bits per heavy atom. The van der Waals surface area contributed by atoms with Gasteiger partial charge >= 0.3 is 5.69 Å². The first-order chi connectivity index (χ1) is 13.4. The minimum atomic E-state index is -0.353. The van der Waals surface area contributed by atoms with E-state index >= 15 is 0 Å². The average molecular weight is 381 g/mol. The molecule has 148 valence electrons. The van der Waals surface area contributed by atoms with E-state index in [-0.39, 0.29) is 11.2 Å². The fourth-order valence-electron chi connectivity index (χ4n) is 4.42. The SMILES string of the molecule is C[C@@H]1C[C@@H](C)CN(c2nc3c(c(=O)n(C)c(=O)n3C)n2Cc2ccccc2)C1. The van der Waals surface area contributed by atoms with Crippen LogP contribution in [-0.2, 0) is 20.6 Å². The molecule has 1 aliphatic rings. The highest BCUT2D eigenvalue weighted by molar-refractivity contribution is 5.74. The van der Waals surface area contributed by atoms with Crippen molar-refractivity contribution < 1.29 is 0 Å². The van der Waals surface area contributed by atoms with Crippen molar-refractivity contribution in [3.05, 3.63) is 56.7 Å². The molecule has 7 nitrogen and oxygen atoms in total. The van der Waals surface area contributed by atoms with Crippen molar-refractivity contribution in [3.63, 3.8) is 0 Å². The van der Waals surface area contributed by atoms with Gasteiger partial charge in [0.25, 0.3) is 5.56 Å². The molecule has 0 bridgehead atoms. The topological polar surface area (TPSA) is 65.1 Å². The minimum Gasteiger partial charge on any atom is -0.342 e. The molecule has 3 heterocycles. The molecule has 7 heteroatoms. The highest BCUT2D eigenvalue weighted by atomic mass is 16.2. The first-order valence-electron chi connectivity index (χ1n) is 9.82. The highest BCUT2D eigenvalue weighted by Crippen LogP contribution is 2.28. The Hall–Kier alpha value is -2.83. The Morgan fingerprint density at radius 3 is 2.29 bits per heavy atom. The van der Waals surface area contributed by atoms with Gasteiger partial charge in [-0.1, -0.05) is 44.2 Å². The van der Waals surface area contributed by atoms with Gasteiger partial charge in [-0.15, -0.1) is 0 Å². The maximum Gasteiger partial charge on any atom is 0.332 e. The zero-order valence-corrected chi connectivity index (χ0v) is 16.9. The number of aryl methyl sites for hydroxylation is 1. The van der Waals surface area contributed by atoms with Gasteiger partial charge in [0, 0.05) is 27.2 Å². The number of aromatic nitrogens is 4. The van der Waals surface area contributed by atoms with Gasteiger partial charge in [0.2, 0.25) is 5.95 Å². The minimum absolute atomic E-state index is 0.300. The summed E-state index contributed by atoms with van der Waals surface area (Å²) >= 11 is 0. The zero-order chi connectivity index (χ0) is 20.0. The summed E-state index contributed by atoms with van der Waals surface area (Å²) in [5.41, 5.74) is 1.37. The summed E-state index contributed by atoms with van der Waals surface area (Å²) in [5.74, 6) is 1.89. The van der Waals surface area contributed by atoms with Crippen LogP contribution in [0.4, 0.5) is 5.95 Å². The third-order valence-electron chi connectivity index (χ3n) is 5.66. The number of fused-ring (bicyclic) bond motifs is 1. The number of piperidine rings is 1. The molecule has 1 aliphatic heterocycles. The van der Waals surface area contributed by atoms with Gasteiger partial charge in [-0.2, -0.15) is 4.98 Å². The van der Waals surface area contributed by atoms with E-state index in [2.05, 4.69) is 18.7 Å². The Kier molecular flexibility index (Phi) is 4.61. The molecule has 0 N–H and O–H groups in total. The highest BCUT2D eigenvalue weighted by Gasteiger charge is 2.28. The van der Waals surface area contributed by atoms with Gasteiger partial charge in [0.15, 0.2) is 11.2 Å². The molecule has 0 saturated carbocycles. The van der Waals surface area contributed by atoms with Crippen LogP contribution in [-0.4, -0.2) is 31.8 Å². The van der Waals surface area contributed by atoms with Gasteiger partial charge in [-0.25, -0.2) is 4.79 Å². The van der Waals surface area contributed by atoms with E-state index in [1.807, 2.05) is 34.9 Å². The van der Waals surface area contributed by atoms with Crippen molar-refractivity contribution >= 4 is 17.1 Å². The van der Waals surface area contributed by atoms with E-state index in [1.165, 1.54) is 18.0 Å². The summed E-state index contributed by atoms with van der Waals surface area (Å²) in [6.45, 7) is 6.84. The van der Waals surface area contributed by atoms with Crippen molar-refractivity contribution in [3.8, 4) is 0 Å². The fourth-order valence-corrected chi connectivity index (χ4v) is 4.42. The number of nitrogens with zero attached hydrogens (tertiary/aromatic N) is 5. The van der Waals surface area contributed by atoms with Crippen molar-refractivity contribution in [2.75, 3.05) is 18.0 Å². The quantitative estimate of drug-likeness (QED) is 0.696. The molecule has 1 aromatic carbocycles. The average Bonchev–Trinajstić information content (AvgIpc) is 3.04. The summed E-state index contributed by atoms with van der Waals surface area (Å²) < 4.78 is 4.62. The van der Waals surface area contributed by atoms with Crippen molar-refractivity contribution in [2.24, 2.45) is 25.9 Å². The van der Waals surface area contributed by atoms with E-state index in [0.29, 0.717) is 29.5 Å². The number of imidazole rings is 1. The molecule has 2 atom stereocenters. The molecule has 1 saturated heterocycles. The monoisotopic (exact) mass is 381 g/mol. The fraction of sp³-hybridized carbons (Fsp3) is 0.476. The first-order valence-corrected chi connectivity index (χ1v) is 9.82. The van der Waals surface area contributed by atoms with Crippen LogP contribution >= 0.6 is 0 Å². The lowest BCUT2D eigenvalue weighted by Crippen LogP contribution is -2.40. The molecule has 1 fully saturated rings. The second-order valence-electron chi connectivity index (χ2n) is 8.21. The van der Waals surface area contributed by atoms with E-state index in [9.17, 15) is 9.59 Å². The van der Waals surface area contributed by atoms with Crippen LogP contribution in [0.25, 0.3) is 11.2 Å². The zero-order valence-electron chi connectivity index (χ0n) is 16.9. The largest absolute Gasteiger partial charge is 0.342 e. The molecule has 2 aromatic heterocycles. The maximum absolute atomic E-state index is 13.0. The lowest BCUT2D eigenvalue weighted by Gasteiger charge is -2.35. The van der Waals surface area contributed by atoms with Gasteiger partial charge in [0.1, 0.15) is 0 Å². The molecule has 0 aliphatic carbocycles. The summed E-state index contributed by atoms with van der Waals surface area (Å²) in [6.07, 6.45) is 1.19. The van der Waals surface area contributed by atoms with Gasteiger partial charge < -0.3 is 4.90 Å². The Morgan fingerprint density at radius 2 is 1.64 bits per heavy atom. The van der Waals surface area contributed by atoms with E-state index in [1.54, 1.807) is 7.05 Å². The predicted octanol–water partition coefficient (Wildman–Crippen LogP) is 1.96. The van der Waals surface area contributed by atoms with Gasteiger partial charge in [-0.3, -0.25) is 18.5 Å². The lowest BCUT2D eigenvalue weighted by atomic mass is 9.92. The van der Waals surface area contributed by atoms with Crippen LogP contribution in [0.15, 0.2) is 39.9 Å². The first kappa shape index (κ1) is 18.5. The Labute approximate surface area is 163 Å². The number of hydrogen-bond acceptors (Lipinski definition) is 4. The maximum atomic E-state index is 13.0. The lowest BCUT2D eigenvalue weighted by molar-refractivity contribution is 0.352. The summed E-state index contributed by atoms with van der Waals surface area (Å²) in [4.78, 5) is 32.5. The van der Waals surface area contributed by atoms with Crippen LogP contribution in [0.2, 0.25) is 0 Å². The standard InChI is InChI=1S/C21H27N5O2/c1-14-10-15(2)12-25(11-14)20-22-18-17(19(27)24(4)21(28)23(18)3)26(20)13-16-8-6-5-7-9-16/h5-9,14-15H,10-13H2,1-4H3/t14-,15-/m1/s1.